The van der Waals surface area contributed by atoms with Gasteiger partial charge in [-0.15, -0.1) is 0 Å². The van der Waals surface area contributed by atoms with E-state index in [1.165, 1.54) is 7.11 Å². The standard InChI is InChI=1S/C5H10FNO2/c1-9-5(8)7-4-2-3-6/h2-4H2,1H3,(H,7,8). The van der Waals surface area contributed by atoms with Gasteiger partial charge in [-0.25, -0.2) is 4.79 Å². The number of carbonyl (C=O) groups excluding carboxylic acids is 1. The number of halogens is 1. The van der Waals surface area contributed by atoms with E-state index in [0.717, 1.165) is 0 Å². The van der Waals surface area contributed by atoms with Gasteiger partial charge in [0.1, 0.15) is 0 Å². The Bertz CT molecular complexity index is 87.0. The summed E-state index contributed by atoms with van der Waals surface area (Å²) < 4.78 is 15.6. The average molecular weight is 135 g/mol. The molecule has 4 heteroatoms. The summed E-state index contributed by atoms with van der Waals surface area (Å²) in [6.45, 7) is -0.0762. The molecule has 0 unspecified atom stereocenters. The van der Waals surface area contributed by atoms with E-state index in [1.807, 2.05) is 0 Å². The van der Waals surface area contributed by atoms with E-state index in [1.54, 1.807) is 0 Å². The van der Waals surface area contributed by atoms with Crippen molar-refractivity contribution in [3.8, 4) is 0 Å². The molecule has 0 aliphatic heterocycles. The minimum Gasteiger partial charge on any atom is -0.453 e. The number of nitrogens with one attached hydrogen (secondary N) is 1. The van der Waals surface area contributed by atoms with Crippen molar-refractivity contribution in [3.05, 3.63) is 0 Å². The molecule has 0 aliphatic rings. The lowest BCUT2D eigenvalue weighted by atomic mass is 10.5. The SMILES string of the molecule is COC(=O)NCCCF. The molecule has 9 heavy (non-hydrogen) atoms. The summed E-state index contributed by atoms with van der Waals surface area (Å²) in [5, 5.41) is 2.33. The average Bonchev–Trinajstić information content (AvgIpc) is 1.89. The molecule has 0 saturated carbocycles. The topological polar surface area (TPSA) is 38.3 Å². The van der Waals surface area contributed by atoms with Crippen LogP contribution in [0.5, 0.6) is 0 Å². The number of hydrogen-bond donors (Lipinski definition) is 1. The van der Waals surface area contributed by atoms with Crippen LogP contribution in [0.4, 0.5) is 9.18 Å². The molecule has 0 aromatic heterocycles. The lowest BCUT2D eigenvalue weighted by Crippen LogP contribution is -2.24. The van der Waals surface area contributed by atoms with Gasteiger partial charge in [0, 0.05) is 6.54 Å². The zero-order valence-corrected chi connectivity index (χ0v) is 5.32. The van der Waals surface area contributed by atoms with Crippen LogP contribution in [0.15, 0.2) is 0 Å². The van der Waals surface area contributed by atoms with Gasteiger partial charge in [-0.3, -0.25) is 4.39 Å². The van der Waals surface area contributed by atoms with Gasteiger partial charge in [0.05, 0.1) is 13.8 Å². The quantitative estimate of drug-likeness (QED) is 0.578. The van der Waals surface area contributed by atoms with Crippen molar-refractivity contribution in [1.29, 1.82) is 0 Å². The fourth-order valence-electron chi connectivity index (χ4n) is 0.329. The summed E-state index contributed by atoms with van der Waals surface area (Å²) in [5.41, 5.74) is 0. The van der Waals surface area contributed by atoms with E-state index < -0.39 is 12.8 Å². The second-order valence-corrected chi connectivity index (χ2v) is 1.46. The van der Waals surface area contributed by atoms with Crippen molar-refractivity contribution in [1.82, 2.24) is 5.32 Å². The number of rotatable bonds is 3. The Hall–Kier alpha value is -0.800. The van der Waals surface area contributed by atoms with Crippen molar-refractivity contribution in [2.24, 2.45) is 0 Å². The highest BCUT2D eigenvalue weighted by Crippen LogP contribution is 1.77. The summed E-state index contributed by atoms with van der Waals surface area (Å²) >= 11 is 0. The second kappa shape index (κ2) is 5.34. The normalized spacial score (nSPS) is 8.67. The number of alkyl carbamates (subject to hydrolysis) is 1. The Morgan fingerprint density at radius 1 is 1.78 bits per heavy atom. The van der Waals surface area contributed by atoms with Gasteiger partial charge in [-0.2, -0.15) is 0 Å². The third kappa shape index (κ3) is 5.06. The fraction of sp³-hybridized carbons (Fsp3) is 0.800. The number of alkyl halides is 1. The van der Waals surface area contributed by atoms with Crippen molar-refractivity contribution in [2.75, 3.05) is 20.3 Å². The van der Waals surface area contributed by atoms with Crippen LogP contribution in [0.2, 0.25) is 0 Å². The lowest BCUT2D eigenvalue weighted by molar-refractivity contribution is 0.170. The largest absolute Gasteiger partial charge is 0.453 e. The van der Waals surface area contributed by atoms with Gasteiger partial charge in [0.15, 0.2) is 0 Å². The number of hydrogen-bond acceptors (Lipinski definition) is 2. The molecule has 0 fully saturated rings. The van der Waals surface area contributed by atoms with Crippen LogP contribution in [0.1, 0.15) is 6.42 Å². The minimum absolute atomic E-state index is 0.336. The summed E-state index contributed by atoms with van der Waals surface area (Å²) in [4.78, 5) is 10.2. The molecule has 0 aromatic rings. The second-order valence-electron chi connectivity index (χ2n) is 1.46. The number of amides is 1. The first-order valence-corrected chi connectivity index (χ1v) is 2.69. The highest BCUT2D eigenvalue weighted by molar-refractivity contribution is 5.66. The van der Waals surface area contributed by atoms with Crippen molar-refractivity contribution >= 4 is 6.09 Å². The van der Waals surface area contributed by atoms with Crippen LogP contribution >= 0.6 is 0 Å². The Labute approximate surface area is 53.2 Å². The Morgan fingerprint density at radius 2 is 2.44 bits per heavy atom. The van der Waals surface area contributed by atoms with Gasteiger partial charge in [0.2, 0.25) is 0 Å². The molecule has 0 aliphatic carbocycles. The smallest absolute Gasteiger partial charge is 0.406 e. The Balaban J connectivity index is 2.97. The molecule has 0 spiro atoms. The lowest BCUT2D eigenvalue weighted by Gasteiger charge is -1.99. The maximum Gasteiger partial charge on any atom is 0.406 e. The molecule has 0 heterocycles. The maximum atomic E-state index is 11.4. The molecular formula is C5H10FNO2. The van der Waals surface area contributed by atoms with Gasteiger partial charge in [0.25, 0.3) is 0 Å². The van der Waals surface area contributed by atoms with E-state index in [-0.39, 0.29) is 0 Å². The van der Waals surface area contributed by atoms with E-state index >= 15 is 0 Å². The molecule has 0 radical (unpaired) electrons. The van der Waals surface area contributed by atoms with Crippen LogP contribution in [0, 0.1) is 0 Å². The van der Waals surface area contributed by atoms with Crippen LogP contribution < -0.4 is 5.32 Å². The monoisotopic (exact) mass is 135 g/mol. The maximum absolute atomic E-state index is 11.4. The molecule has 0 rings (SSSR count). The van der Waals surface area contributed by atoms with Gasteiger partial charge >= 0.3 is 6.09 Å². The fourth-order valence-corrected chi connectivity index (χ4v) is 0.329. The van der Waals surface area contributed by atoms with Crippen LogP contribution in [-0.4, -0.2) is 26.4 Å². The van der Waals surface area contributed by atoms with Gasteiger partial charge in [-0.05, 0) is 6.42 Å². The molecule has 3 nitrogen and oxygen atoms in total. The highest BCUT2D eigenvalue weighted by Gasteiger charge is 1.94. The molecular weight excluding hydrogens is 125 g/mol. The summed E-state index contributed by atoms with van der Waals surface area (Å²) in [5.74, 6) is 0. The molecule has 1 amide bonds. The molecule has 0 saturated heterocycles. The Kier molecular flexibility index (Phi) is 4.86. The predicted octanol–water partition coefficient (Wildman–Crippen LogP) is 0.702. The molecule has 0 bridgehead atoms. The van der Waals surface area contributed by atoms with Crippen molar-refractivity contribution in [3.63, 3.8) is 0 Å². The van der Waals surface area contributed by atoms with E-state index in [4.69, 9.17) is 0 Å². The molecule has 0 aromatic carbocycles. The van der Waals surface area contributed by atoms with Crippen molar-refractivity contribution in [2.45, 2.75) is 6.42 Å². The van der Waals surface area contributed by atoms with Gasteiger partial charge < -0.3 is 10.1 Å². The third-order valence-corrected chi connectivity index (χ3v) is 0.765. The number of carbonyl (C=O) groups is 1. The zero-order valence-electron chi connectivity index (χ0n) is 5.32. The highest BCUT2D eigenvalue weighted by atomic mass is 19.1. The first kappa shape index (κ1) is 8.20. The molecule has 54 valence electrons. The Morgan fingerprint density at radius 3 is 2.89 bits per heavy atom. The molecule has 0 atom stereocenters. The van der Waals surface area contributed by atoms with Crippen LogP contribution in [-0.2, 0) is 4.74 Å². The van der Waals surface area contributed by atoms with Crippen LogP contribution in [0.25, 0.3) is 0 Å². The van der Waals surface area contributed by atoms with Gasteiger partial charge in [-0.1, -0.05) is 0 Å². The van der Waals surface area contributed by atoms with Crippen molar-refractivity contribution < 1.29 is 13.9 Å². The summed E-state index contributed by atoms with van der Waals surface area (Å²) in [6, 6.07) is 0. The summed E-state index contributed by atoms with van der Waals surface area (Å²) in [6.07, 6.45) is -0.168. The third-order valence-electron chi connectivity index (χ3n) is 0.765. The number of ether oxygens (including phenoxy) is 1. The number of methoxy groups -OCH3 is 1. The van der Waals surface area contributed by atoms with E-state index in [0.29, 0.717) is 13.0 Å². The summed E-state index contributed by atoms with van der Waals surface area (Å²) in [7, 11) is 1.27. The first-order valence-electron chi connectivity index (χ1n) is 2.69. The first-order chi connectivity index (χ1) is 4.31. The van der Waals surface area contributed by atoms with Crippen LogP contribution in [0.3, 0.4) is 0 Å². The minimum atomic E-state index is -0.511. The predicted molar refractivity (Wildman–Crippen MR) is 31.0 cm³/mol. The molecule has 1 N–H and O–H groups in total. The van der Waals surface area contributed by atoms with E-state index in [9.17, 15) is 9.18 Å². The zero-order chi connectivity index (χ0) is 7.11. The van der Waals surface area contributed by atoms with E-state index in [2.05, 4.69) is 10.1 Å².